The van der Waals surface area contributed by atoms with Crippen LogP contribution in [0.15, 0.2) is 59.8 Å². The molecule has 1 aliphatic rings. The lowest BCUT2D eigenvalue weighted by atomic mass is 10.2. The Kier molecular flexibility index (Phi) is 5.62. The Morgan fingerprint density at radius 1 is 1.07 bits per heavy atom. The van der Waals surface area contributed by atoms with Crippen LogP contribution in [0.2, 0.25) is 0 Å². The molecule has 1 fully saturated rings. The van der Waals surface area contributed by atoms with Gasteiger partial charge in [-0.3, -0.25) is 39.9 Å². The van der Waals surface area contributed by atoms with Crippen LogP contribution in [-0.4, -0.2) is 39.4 Å². The first-order valence-electron chi connectivity index (χ1n) is 7.84. The van der Waals surface area contributed by atoms with Gasteiger partial charge in [0.2, 0.25) is 0 Å². The van der Waals surface area contributed by atoms with E-state index in [4.69, 9.17) is 0 Å². The average molecular weight is 382 g/mol. The number of amides is 4. The number of aromatic nitrogens is 1. The van der Waals surface area contributed by atoms with Gasteiger partial charge in [-0.25, -0.2) is 0 Å². The van der Waals surface area contributed by atoms with E-state index in [-0.39, 0.29) is 10.5 Å². The molecule has 1 aromatic carbocycles. The zero-order valence-electron chi connectivity index (χ0n) is 13.9. The molecule has 1 saturated heterocycles. The van der Waals surface area contributed by atoms with Crippen LogP contribution in [0.4, 0.5) is 4.79 Å². The van der Waals surface area contributed by atoms with Crippen LogP contribution in [-0.2, 0) is 9.59 Å². The lowest BCUT2D eigenvalue weighted by molar-refractivity contribution is -0.129. The Hall–Kier alpha value is -3.46. The van der Waals surface area contributed by atoms with E-state index < -0.39 is 29.5 Å². The molecule has 8 nitrogen and oxygen atoms in total. The fourth-order valence-corrected chi connectivity index (χ4v) is 3.05. The lowest BCUT2D eigenvalue weighted by Gasteiger charge is -2.12. The summed E-state index contributed by atoms with van der Waals surface area (Å²) in [6.45, 7) is -0.496. The molecule has 2 aromatic rings. The summed E-state index contributed by atoms with van der Waals surface area (Å²) in [4.78, 5) is 53.1. The average Bonchev–Trinajstić information content (AvgIpc) is 2.95. The second-order valence-corrected chi connectivity index (χ2v) is 6.42. The van der Waals surface area contributed by atoms with Crippen molar-refractivity contribution < 1.29 is 19.2 Å². The van der Waals surface area contributed by atoms with E-state index in [1.165, 1.54) is 18.5 Å². The fraction of sp³-hybridized carbons (Fsp3) is 0.0556. The third-order valence-electron chi connectivity index (χ3n) is 3.51. The zero-order valence-corrected chi connectivity index (χ0v) is 14.7. The van der Waals surface area contributed by atoms with Crippen LogP contribution in [0.3, 0.4) is 0 Å². The zero-order chi connectivity index (χ0) is 19.2. The number of nitrogens with one attached hydrogen (secondary N) is 2. The van der Waals surface area contributed by atoms with Crippen molar-refractivity contribution in [2.45, 2.75) is 0 Å². The lowest BCUT2D eigenvalue weighted by Crippen LogP contribution is -2.47. The van der Waals surface area contributed by atoms with E-state index in [0.717, 1.165) is 22.2 Å². The smallest absolute Gasteiger partial charge is 0.271 e. The number of carbonyl (C=O) groups excluding carboxylic acids is 4. The Morgan fingerprint density at radius 2 is 1.85 bits per heavy atom. The molecule has 0 spiro atoms. The normalized spacial score (nSPS) is 15.1. The van der Waals surface area contributed by atoms with Gasteiger partial charge in [-0.05, 0) is 35.5 Å². The number of thioether (sulfide) groups is 1. The van der Waals surface area contributed by atoms with E-state index in [1.807, 2.05) is 18.2 Å². The summed E-state index contributed by atoms with van der Waals surface area (Å²) in [5.41, 5.74) is 5.41. The molecule has 0 bridgehead atoms. The van der Waals surface area contributed by atoms with Crippen LogP contribution in [0, 0.1) is 0 Å². The summed E-state index contributed by atoms with van der Waals surface area (Å²) in [6.07, 6.45) is 4.44. The van der Waals surface area contributed by atoms with Gasteiger partial charge < -0.3 is 0 Å². The summed E-state index contributed by atoms with van der Waals surface area (Å²) in [6, 6.07) is 12.2. The minimum Gasteiger partial charge on any atom is -0.271 e. The number of carbonyl (C=O) groups is 4. The van der Waals surface area contributed by atoms with Crippen molar-refractivity contribution in [3.8, 4) is 0 Å². The van der Waals surface area contributed by atoms with Gasteiger partial charge in [-0.2, -0.15) is 0 Å². The molecule has 4 amide bonds. The van der Waals surface area contributed by atoms with E-state index in [1.54, 1.807) is 24.3 Å². The van der Waals surface area contributed by atoms with Crippen LogP contribution < -0.4 is 10.9 Å². The summed E-state index contributed by atoms with van der Waals surface area (Å²) in [5, 5.41) is -0.545. The van der Waals surface area contributed by atoms with E-state index in [9.17, 15) is 19.2 Å². The molecule has 27 heavy (non-hydrogen) atoms. The van der Waals surface area contributed by atoms with Gasteiger partial charge in [-0.1, -0.05) is 30.3 Å². The molecule has 1 aliphatic heterocycles. The first-order chi connectivity index (χ1) is 13.0. The SMILES string of the molecule is O=C(CN1C(=O)SC(=Cc2ccccc2)C1=O)NNC(=O)c1cccnc1. The second kappa shape index (κ2) is 8.28. The maximum atomic E-state index is 12.4. The van der Waals surface area contributed by atoms with Gasteiger partial charge >= 0.3 is 0 Å². The van der Waals surface area contributed by atoms with Crippen LogP contribution in [0.5, 0.6) is 0 Å². The molecule has 2 heterocycles. The van der Waals surface area contributed by atoms with Crippen molar-refractivity contribution in [2.24, 2.45) is 0 Å². The third-order valence-corrected chi connectivity index (χ3v) is 4.42. The van der Waals surface area contributed by atoms with E-state index in [0.29, 0.717) is 0 Å². The quantitative estimate of drug-likeness (QED) is 0.614. The van der Waals surface area contributed by atoms with Crippen molar-refractivity contribution in [3.63, 3.8) is 0 Å². The minimum atomic E-state index is -0.699. The predicted octanol–water partition coefficient (Wildman–Crippen LogP) is 1.58. The number of hydrogen-bond acceptors (Lipinski definition) is 6. The number of pyridine rings is 1. The third kappa shape index (κ3) is 4.59. The molecule has 0 radical (unpaired) electrons. The first-order valence-corrected chi connectivity index (χ1v) is 8.66. The minimum absolute atomic E-state index is 0.235. The Bertz CT molecular complexity index is 915. The molecule has 0 saturated carbocycles. The summed E-state index contributed by atoms with van der Waals surface area (Å²) < 4.78 is 0. The van der Waals surface area contributed by atoms with Gasteiger partial charge in [0.25, 0.3) is 23.0 Å². The van der Waals surface area contributed by atoms with Gasteiger partial charge in [0.1, 0.15) is 6.54 Å². The van der Waals surface area contributed by atoms with Gasteiger partial charge in [0, 0.05) is 12.4 Å². The Balaban J connectivity index is 1.58. The van der Waals surface area contributed by atoms with Crippen molar-refractivity contribution in [1.29, 1.82) is 0 Å². The number of benzene rings is 1. The van der Waals surface area contributed by atoms with Crippen molar-refractivity contribution in [1.82, 2.24) is 20.7 Å². The maximum Gasteiger partial charge on any atom is 0.294 e. The van der Waals surface area contributed by atoms with Crippen LogP contribution in [0.1, 0.15) is 15.9 Å². The van der Waals surface area contributed by atoms with Gasteiger partial charge in [-0.15, -0.1) is 0 Å². The Morgan fingerprint density at radius 3 is 2.56 bits per heavy atom. The number of nitrogens with zero attached hydrogens (tertiary/aromatic N) is 2. The van der Waals surface area contributed by atoms with Crippen molar-refractivity contribution >= 4 is 40.8 Å². The number of rotatable bonds is 4. The molecule has 1 aromatic heterocycles. The molecule has 3 rings (SSSR count). The maximum absolute atomic E-state index is 12.4. The predicted molar refractivity (Wildman–Crippen MR) is 99.0 cm³/mol. The van der Waals surface area contributed by atoms with Crippen molar-refractivity contribution in [2.75, 3.05) is 6.54 Å². The van der Waals surface area contributed by atoms with Crippen LogP contribution in [0.25, 0.3) is 6.08 Å². The van der Waals surface area contributed by atoms with Gasteiger partial charge in [0.15, 0.2) is 0 Å². The summed E-state index contributed by atoms with van der Waals surface area (Å²) >= 11 is 0.763. The highest BCUT2D eigenvalue weighted by Gasteiger charge is 2.36. The highest BCUT2D eigenvalue weighted by Crippen LogP contribution is 2.31. The monoisotopic (exact) mass is 382 g/mol. The Labute approximate surface area is 158 Å². The van der Waals surface area contributed by atoms with Crippen LogP contribution >= 0.6 is 11.8 Å². The number of hydrazine groups is 1. The molecular formula is C18H14N4O4S. The molecule has 2 N–H and O–H groups in total. The highest BCUT2D eigenvalue weighted by atomic mass is 32.2. The topological polar surface area (TPSA) is 108 Å². The van der Waals surface area contributed by atoms with Gasteiger partial charge in [0.05, 0.1) is 10.5 Å². The molecule has 136 valence electrons. The summed E-state index contributed by atoms with van der Waals surface area (Å²) in [5.74, 6) is -1.81. The van der Waals surface area contributed by atoms with Crippen molar-refractivity contribution in [3.05, 3.63) is 70.9 Å². The number of imide groups is 1. The molecule has 9 heteroatoms. The fourth-order valence-electron chi connectivity index (χ4n) is 2.22. The largest absolute Gasteiger partial charge is 0.294 e. The van der Waals surface area contributed by atoms with E-state index in [2.05, 4.69) is 15.8 Å². The molecular weight excluding hydrogens is 368 g/mol. The second-order valence-electron chi connectivity index (χ2n) is 5.42. The first kappa shape index (κ1) is 18.3. The molecule has 0 atom stereocenters. The van der Waals surface area contributed by atoms with E-state index >= 15 is 0 Å². The molecule has 0 aliphatic carbocycles. The highest BCUT2D eigenvalue weighted by molar-refractivity contribution is 8.18. The molecule has 0 unspecified atom stereocenters. The standard InChI is InChI=1S/C18H14N4O4S/c23-15(20-21-16(24)13-7-4-8-19-10-13)11-22-17(25)14(27-18(22)26)9-12-5-2-1-3-6-12/h1-10H,11H2,(H,20,23)(H,21,24). The summed E-state index contributed by atoms with van der Waals surface area (Å²) in [7, 11) is 0. The number of hydrogen-bond donors (Lipinski definition) is 2.